The van der Waals surface area contributed by atoms with E-state index < -0.39 is 0 Å². The second-order valence-electron chi connectivity index (χ2n) is 5.41. The van der Waals surface area contributed by atoms with Crippen LogP contribution in [0.4, 0.5) is 0 Å². The first-order valence-electron chi connectivity index (χ1n) is 6.61. The zero-order chi connectivity index (χ0) is 14.3. The van der Waals surface area contributed by atoms with Gasteiger partial charge in [0.2, 0.25) is 5.91 Å². The Morgan fingerprint density at radius 1 is 1.35 bits per heavy atom. The maximum absolute atomic E-state index is 11.8. The van der Waals surface area contributed by atoms with Gasteiger partial charge in [0.05, 0.1) is 12.1 Å². The van der Waals surface area contributed by atoms with Crippen molar-refractivity contribution in [2.45, 2.75) is 18.8 Å². The van der Waals surface area contributed by atoms with Gasteiger partial charge < -0.3 is 0 Å². The molecule has 0 radical (unpaired) electrons. The van der Waals surface area contributed by atoms with Gasteiger partial charge in [0.1, 0.15) is 0 Å². The minimum Gasteiger partial charge on any atom is -0.289 e. The molecule has 104 valence electrons. The largest absolute Gasteiger partial charge is 0.289 e. The fraction of sp³-hybridized carbons (Fsp3) is 0.333. The van der Waals surface area contributed by atoms with Crippen molar-refractivity contribution in [1.82, 2.24) is 15.3 Å². The third-order valence-corrected chi connectivity index (χ3v) is 3.97. The van der Waals surface area contributed by atoms with Crippen molar-refractivity contribution in [2.75, 3.05) is 0 Å². The Hall–Kier alpha value is -2.14. The number of amides is 1. The number of rotatable bonds is 3. The summed E-state index contributed by atoms with van der Waals surface area (Å²) >= 11 is 0. The second-order valence-corrected chi connectivity index (χ2v) is 5.41. The zero-order valence-electron chi connectivity index (χ0n) is 11.4. The summed E-state index contributed by atoms with van der Waals surface area (Å²) in [4.78, 5) is 11.8. The van der Waals surface area contributed by atoms with Crippen LogP contribution in [-0.2, 0) is 11.8 Å². The lowest BCUT2D eigenvalue weighted by Gasteiger charge is -2.01. The molecule has 0 saturated heterocycles. The summed E-state index contributed by atoms with van der Waals surface area (Å²) in [5, 5.41) is 13.1. The van der Waals surface area contributed by atoms with Crippen LogP contribution in [0.1, 0.15) is 28.5 Å². The number of benzene rings is 1. The van der Waals surface area contributed by atoms with Gasteiger partial charge in [0.25, 0.3) is 0 Å². The number of hydrogen-bond donors (Lipinski definition) is 2. The molecule has 1 fully saturated rings. The van der Waals surface area contributed by atoms with Gasteiger partial charge >= 0.3 is 0 Å². The van der Waals surface area contributed by atoms with E-state index >= 15 is 0 Å². The molecule has 5 nitrogen and oxygen atoms in total. The van der Waals surface area contributed by atoms with Crippen molar-refractivity contribution < 1.29 is 10.0 Å². The van der Waals surface area contributed by atoms with E-state index in [0.29, 0.717) is 0 Å². The van der Waals surface area contributed by atoms with Crippen molar-refractivity contribution >= 4 is 5.91 Å². The summed E-state index contributed by atoms with van der Waals surface area (Å²) in [6, 6.07) is 8.16. The smallest absolute Gasteiger partial charge is 0.247 e. The Labute approximate surface area is 117 Å². The Bertz CT molecular complexity index is 650. The first kappa shape index (κ1) is 12.9. The van der Waals surface area contributed by atoms with Crippen LogP contribution >= 0.6 is 0 Å². The molecule has 1 aliphatic rings. The van der Waals surface area contributed by atoms with Gasteiger partial charge in [-0.1, -0.05) is 29.8 Å². The molecule has 2 N–H and O–H groups in total. The van der Waals surface area contributed by atoms with E-state index in [2.05, 4.69) is 11.2 Å². The van der Waals surface area contributed by atoms with Crippen LogP contribution in [0.25, 0.3) is 0 Å². The van der Waals surface area contributed by atoms with Crippen LogP contribution in [0.15, 0.2) is 36.7 Å². The molecule has 2 aromatic rings. The quantitative estimate of drug-likeness (QED) is 0.660. The number of carbonyl (C=O) groups excluding carboxylic acids is 1. The summed E-state index contributed by atoms with van der Waals surface area (Å²) in [6.07, 6.45) is 3.72. The lowest BCUT2D eigenvalue weighted by Crippen LogP contribution is -2.21. The molecule has 0 spiro atoms. The third kappa shape index (κ3) is 2.10. The van der Waals surface area contributed by atoms with Gasteiger partial charge in [-0.05, 0) is 18.1 Å². The fourth-order valence-electron chi connectivity index (χ4n) is 3.03. The van der Waals surface area contributed by atoms with Gasteiger partial charge in [-0.15, -0.1) is 0 Å². The van der Waals surface area contributed by atoms with E-state index in [-0.39, 0.29) is 23.7 Å². The minimum atomic E-state index is -0.328. The lowest BCUT2D eigenvalue weighted by atomic mass is 10.0. The molecule has 1 amide bonds. The molecule has 20 heavy (non-hydrogen) atoms. The first-order chi connectivity index (χ1) is 9.61. The van der Waals surface area contributed by atoms with E-state index in [1.54, 1.807) is 16.4 Å². The molecule has 3 unspecified atom stereocenters. The van der Waals surface area contributed by atoms with Gasteiger partial charge in [-0.25, -0.2) is 5.48 Å². The van der Waals surface area contributed by atoms with Gasteiger partial charge in [0.15, 0.2) is 0 Å². The van der Waals surface area contributed by atoms with E-state index in [9.17, 15) is 4.79 Å². The number of hydrogen-bond acceptors (Lipinski definition) is 3. The van der Waals surface area contributed by atoms with Crippen molar-refractivity contribution in [2.24, 2.45) is 13.0 Å². The van der Waals surface area contributed by atoms with Gasteiger partial charge in [-0.3, -0.25) is 14.7 Å². The summed E-state index contributed by atoms with van der Waals surface area (Å²) < 4.78 is 1.73. The summed E-state index contributed by atoms with van der Waals surface area (Å²) in [7, 11) is 1.86. The third-order valence-electron chi connectivity index (χ3n) is 3.97. The fourth-order valence-corrected chi connectivity index (χ4v) is 3.03. The van der Waals surface area contributed by atoms with E-state index in [4.69, 9.17) is 5.21 Å². The summed E-state index contributed by atoms with van der Waals surface area (Å²) in [5.74, 6) is -0.375. The molecule has 3 rings (SSSR count). The van der Waals surface area contributed by atoms with Crippen LogP contribution in [0, 0.1) is 12.8 Å². The maximum Gasteiger partial charge on any atom is 0.247 e. The van der Waals surface area contributed by atoms with Crippen LogP contribution in [0.5, 0.6) is 0 Å². The Morgan fingerprint density at radius 2 is 2.10 bits per heavy atom. The molecule has 1 aromatic carbocycles. The highest BCUT2D eigenvalue weighted by molar-refractivity contribution is 5.84. The van der Waals surface area contributed by atoms with Crippen LogP contribution in [-0.4, -0.2) is 20.9 Å². The zero-order valence-corrected chi connectivity index (χ0v) is 11.4. The van der Waals surface area contributed by atoms with Gasteiger partial charge in [0, 0.05) is 25.1 Å². The predicted molar refractivity (Wildman–Crippen MR) is 73.3 cm³/mol. The Morgan fingerprint density at radius 3 is 2.70 bits per heavy atom. The van der Waals surface area contributed by atoms with E-state index in [1.807, 2.05) is 38.4 Å². The highest BCUT2D eigenvalue weighted by Gasteiger charge is 2.56. The normalized spacial score (nSPS) is 24.4. The number of nitrogens with zero attached hydrogens (tertiary/aromatic N) is 2. The predicted octanol–water partition coefficient (Wildman–Crippen LogP) is 1.73. The SMILES string of the molecule is Cc1cccc(C2C(C(=O)NO)C2c2cnn(C)c2)c1. The monoisotopic (exact) mass is 271 g/mol. The van der Waals surface area contributed by atoms with Crippen molar-refractivity contribution in [1.29, 1.82) is 0 Å². The second kappa shape index (κ2) is 4.76. The number of nitrogens with one attached hydrogen (secondary N) is 1. The van der Waals surface area contributed by atoms with Crippen LogP contribution in [0.2, 0.25) is 0 Å². The standard InChI is InChI=1S/C15H17N3O2/c1-9-4-3-5-10(6-9)12-13(14(12)15(19)17-20)11-7-16-18(2)8-11/h3-8,12-14,20H,1-2H3,(H,17,19). The topological polar surface area (TPSA) is 67.2 Å². The highest BCUT2D eigenvalue weighted by atomic mass is 16.5. The van der Waals surface area contributed by atoms with Crippen LogP contribution in [0.3, 0.4) is 0 Å². The number of aryl methyl sites for hydroxylation is 2. The summed E-state index contributed by atoms with van der Waals surface area (Å²) in [6.45, 7) is 2.03. The Balaban J connectivity index is 1.94. The van der Waals surface area contributed by atoms with E-state index in [0.717, 1.165) is 11.1 Å². The van der Waals surface area contributed by atoms with Crippen LogP contribution < -0.4 is 5.48 Å². The van der Waals surface area contributed by atoms with Crippen molar-refractivity contribution in [3.63, 3.8) is 0 Å². The molecular weight excluding hydrogens is 254 g/mol. The van der Waals surface area contributed by atoms with Crippen molar-refractivity contribution in [3.8, 4) is 0 Å². The lowest BCUT2D eigenvalue weighted by molar-refractivity contribution is -0.130. The summed E-state index contributed by atoms with van der Waals surface area (Å²) in [5.41, 5.74) is 5.12. The molecule has 3 atom stereocenters. The maximum atomic E-state index is 11.8. The number of hydroxylamine groups is 1. The average Bonchev–Trinajstić information content (AvgIpc) is 3.05. The molecular formula is C15H17N3O2. The van der Waals surface area contributed by atoms with E-state index in [1.165, 1.54) is 5.56 Å². The number of carbonyl (C=O) groups is 1. The molecule has 0 bridgehead atoms. The average molecular weight is 271 g/mol. The molecule has 1 heterocycles. The molecule has 5 heteroatoms. The molecule has 0 aliphatic heterocycles. The van der Waals surface area contributed by atoms with Crippen molar-refractivity contribution in [3.05, 3.63) is 53.3 Å². The number of aromatic nitrogens is 2. The molecule has 1 aromatic heterocycles. The molecule has 1 saturated carbocycles. The minimum absolute atomic E-state index is 0.0812. The van der Waals surface area contributed by atoms with Gasteiger partial charge in [-0.2, -0.15) is 5.10 Å². The Kier molecular flexibility index (Phi) is 3.06. The first-order valence-corrected chi connectivity index (χ1v) is 6.61. The highest BCUT2D eigenvalue weighted by Crippen LogP contribution is 2.60. The molecule has 1 aliphatic carbocycles.